The van der Waals surface area contributed by atoms with Gasteiger partial charge in [0.1, 0.15) is 0 Å². The predicted octanol–water partition coefficient (Wildman–Crippen LogP) is 4.16. The molecular weight excluding hydrogens is 420 g/mol. The second kappa shape index (κ2) is 9.18. The topological polar surface area (TPSA) is 71.3 Å². The van der Waals surface area contributed by atoms with Gasteiger partial charge in [0.05, 0.1) is 12.5 Å². The summed E-state index contributed by atoms with van der Waals surface area (Å²) in [6.07, 6.45) is 8.01. The van der Waals surface area contributed by atoms with Gasteiger partial charge in [-0.3, -0.25) is 9.69 Å². The van der Waals surface area contributed by atoms with Crippen LogP contribution in [0.2, 0.25) is 0 Å². The molecule has 2 aromatic rings. The zero-order chi connectivity index (χ0) is 19.3. The van der Waals surface area contributed by atoms with Crippen molar-refractivity contribution < 1.29 is 9.21 Å². The van der Waals surface area contributed by atoms with Crippen molar-refractivity contribution in [3.05, 3.63) is 34.6 Å². The third-order valence-electron chi connectivity index (χ3n) is 5.74. The van der Waals surface area contributed by atoms with Crippen LogP contribution in [0.3, 0.4) is 0 Å². The van der Waals surface area contributed by atoms with Crippen molar-refractivity contribution >= 4 is 21.8 Å². The van der Waals surface area contributed by atoms with E-state index in [4.69, 9.17) is 4.42 Å². The molecular formula is C21H27BrN4O2. The largest absolute Gasteiger partial charge is 0.419 e. The highest BCUT2D eigenvalue weighted by molar-refractivity contribution is 9.10. The van der Waals surface area contributed by atoms with Gasteiger partial charge in [0.2, 0.25) is 17.7 Å². The number of aromatic nitrogens is 2. The van der Waals surface area contributed by atoms with E-state index in [0.717, 1.165) is 48.8 Å². The van der Waals surface area contributed by atoms with E-state index in [-0.39, 0.29) is 11.8 Å². The van der Waals surface area contributed by atoms with Crippen LogP contribution in [0.15, 0.2) is 33.2 Å². The molecule has 1 aliphatic carbocycles. The highest BCUT2D eigenvalue weighted by Crippen LogP contribution is 2.24. The fraction of sp³-hybridized carbons (Fsp3) is 0.571. The van der Waals surface area contributed by atoms with E-state index in [1.807, 2.05) is 24.3 Å². The molecule has 6 nitrogen and oxygen atoms in total. The molecule has 1 atom stereocenters. The van der Waals surface area contributed by atoms with Crippen molar-refractivity contribution in [1.82, 2.24) is 20.4 Å². The van der Waals surface area contributed by atoms with Crippen molar-refractivity contribution in [2.24, 2.45) is 5.92 Å². The van der Waals surface area contributed by atoms with E-state index in [2.05, 4.69) is 36.3 Å². The number of likely N-dealkylation sites (tertiary alicyclic amines) is 1. The number of hydrogen-bond acceptors (Lipinski definition) is 5. The lowest BCUT2D eigenvalue weighted by Gasteiger charge is -2.32. The number of amides is 1. The fourth-order valence-corrected chi connectivity index (χ4v) is 4.46. The van der Waals surface area contributed by atoms with E-state index in [9.17, 15) is 4.79 Å². The summed E-state index contributed by atoms with van der Waals surface area (Å²) in [6.45, 7) is 2.31. The Morgan fingerprint density at radius 2 is 1.89 bits per heavy atom. The van der Waals surface area contributed by atoms with Gasteiger partial charge in [-0.15, -0.1) is 10.2 Å². The van der Waals surface area contributed by atoms with Crippen LogP contribution >= 0.6 is 15.9 Å². The normalized spacial score (nSPS) is 21.5. The van der Waals surface area contributed by atoms with Crippen LogP contribution in [0, 0.1) is 5.92 Å². The molecule has 1 unspecified atom stereocenters. The number of carbonyl (C=O) groups is 1. The zero-order valence-electron chi connectivity index (χ0n) is 16.1. The summed E-state index contributed by atoms with van der Waals surface area (Å²) in [5.41, 5.74) is 0.908. The van der Waals surface area contributed by atoms with Crippen LogP contribution in [0.25, 0.3) is 11.5 Å². The smallest absolute Gasteiger partial charge is 0.247 e. The Morgan fingerprint density at radius 3 is 2.68 bits per heavy atom. The van der Waals surface area contributed by atoms with Crippen LogP contribution in [0.5, 0.6) is 0 Å². The number of nitrogens with one attached hydrogen (secondary N) is 1. The molecule has 1 amide bonds. The average Bonchev–Trinajstić information content (AvgIpc) is 3.18. The van der Waals surface area contributed by atoms with Gasteiger partial charge in [-0.05, 0) is 56.5 Å². The molecule has 2 aliphatic rings. The minimum atomic E-state index is 0.0598. The lowest BCUT2D eigenvalue weighted by atomic mass is 9.93. The minimum Gasteiger partial charge on any atom is -0.419 e. The molecule has 1 aromatic carbocycles. The van der Waals surface area contributed by atoms with Gasteiger partial charge in [0, 0.05) is 22.6 Å². The summed E-state index contributed by atoms with van der Waals surface area (Å²) in [6, 6.07) is 8.20. The summed E-state index contributed by atoms with van der Waals surface area (Å²) in [4.78, 5) is 14.9. The van der Waals surface area contributed by atoms with Gasteiger partial charge in [-0.1, -0.05) is 35.2 Å². The van der Waals surface area contributed by atoms with Crippen molar-refractivity contribution in [1.29, 1.82) is 0 Å². The molecule has 28 heavy (non-hydrogen) atoms. The Labute approximate surface area is 174 Å². The Bertz CT molecular complexity index is 786. The first-order chi connectivity index (χ1) is 13.7. The van der Waals surface area contributed by atoms with Gasteiger partial charge < -0.3 is 9.73 Å². The molecule has 0 bridgehead atoms. The zero-order valence-corrected chi connectivity index (χ0v) is 17.7. The number of carbonyl (C=O) groups excluding carboxylic acids is 1. The Hall–Kier alpha value is -1.73. The van der Waals surface area contributed by atoms with E-state index >= 15 is 0 Å². The van der Waals surface area contributed by atoms with E-state index in [1.165, 1.54) is 19.3 Å². The lowest BCUT2D eigenvalue weighted by molar-refractivity contribution is -0.127. The van der Waals surface area contributed by atoms with Crippen molar-refractivity contribution in [2.75, 3.05) is 13.1 Å². The van der Waals surface area contributed by atoms with Crippen molar-refractivity contribution in [3.8, 4) is 11.5 Å². The van der Waals surface area contributed by atoms with Crippen LogP contribution in [-0.4, -0.2) is 40.1 Å². The van der Waals surface area contributed by atoms with Gasteiger partial charge in [-0.25, -0.2) is 0 Å². The van der Waals surface area contributed by atoms with E-state index in [1.54, 1.807) is 0 Å². The molecule has 4 rings (SSSR count). The van der Waals surface area contributed by atoms with E-state index in [0.29, 0.717) is 24.4 Å². The Kier molecular flexibility index (Phi) is 6.42. The number of hydrogen-bond donors (Lipinski definition) is 1. The summed E-state index contributed by atoms with van der Waals surface area (Å²) in [7, 11) is 0. The standard InChI is InChI=1S/C21H27BrN4O2/c22-17-10-8-15(9-11-17)21-25-24-19(28-21)14-26-12-4-5-16(13-26)20(27)23-18-6-2-1-3-7-18/h8-11,16,18H,1-7,12-14H2,(H,23,27). The molecule has 1 saturated carbocycles. The number of benzene rings is 1. The molecule has 1 aromatic heterocycles. The molecule has 150 valence electrons. The van der Waals surface area contributed by atoms with E-state index < -0.39 is 0 Å². The van der Waals surface area contributed by atoms with Gasteiger partial charge in [0.15, 0.2) is 0 Å². The number of piperidine rings is 1. The minimum absolute atomic E-state index is 0.0598. The summed E-state index contributed by atoms with van der Waals surface area (Å²) < 4.78 is 6.87. The van der Waals surface area contributed by atoms with Crippen molar-refractivity contribution in [2.45, 2.75) is 57.5 Å². The Balaban J connectivity index is 1.32. The molecule has 7 heteroatoms. The first kappa shape index (κ1) is 19.6. The van der Waals surface area contributed by atoms with Crippen LogP contribution in [0.4, 0.5) is 0 Å². The number of halogens is 1. The predicted molar refractivity (Wildman–Crippen MR) is 110 cm³/mol. The van der Waals surface area contributed by atoms with Gasteiger partial charge in [0.25, 0.3) is 0 Å². The van der Waals surface area contributed by atoms with Gasteiger partial charge in [-0.2, -0.15) is 0 Å². The van der Waals surface area contributed by atoms with Crippen LogP contribution in [-0.2, 0) is 11.3 Å². The van der Waals surface area contributed by atoms with Crippen LogP contribution in [0.1, 0.15) is 50.8 Å². The van der Waals surface area contributed by atoms with Crippen LogP contribution < -0.4 is 5.32 Å². The summed E-state index contributed by atoms with van der Waals surface area (Å²) in [5, 5.41) is 11.7. The highest BCUT2D eigenvalue weighted by Gasteiger charge is 2.28. The maximum absolute atomic E-state index is 12.7. The lowest BCUT2D eigenvalue weighted by Crippen LogP contribution is -2.46. The van der Waals surface area contributed by atoms with Gasteiger partial charge >= 0.3 is 0 Å². The third kappa shape index (κ3) is 5.00. The maximum atomic E-state index is 12.7. The molecule has 1 saturated heterocycles. The molecule has 2 fully saturated rings. The maximum Gasteiger partial charge on any atom is 0.247 e. The summed E-state index contributed by atoms with van der Waals surface area (Å²) in [5.74, 6) is 1.42. The molecule has 2 heterocycles. The second-order valence-electron chi connectivity index (χ2n) is 7.93. The first-order valence-corrected chi connectivity index (χ1v) is 11.1. The fourth-order valence-electron chi connectivity index (χ4n) is 4.20. The quantitative estimate of drug-likeness (QED) is 0.746. The molecule has 1 aliphatic heterocycles. The average molecular weight is 447 g/mol. The number of nitrogens with zero attached hydrogens (tertiary/aromatic N) is 3. The number of rotatable bonds is 5. The summed E-state index contributed by atoms with van der Waals surface area (Å²) >= 11 is 3.43. The monoisotopic (exact) mass is 446 g/mol. The second-order valence-corrected chi connectivity index (χ2v) is 8.84. The third-order valence-corrected chi connectivity index (χ3v) is 6.27. The first-order valence-electron chi connectivity index (χ1n) is 10.3. The molecule has 0 spiro atoms. The molecule has 1 N–H and O–H groups in total. The van der Waals surface area contributed by atoms with Crippen molar-refractivity contribution in [3.63, 3.8) is 0 Å². The SMILES string of the molecule is O=C(NC1CCCCC1)C1CCCN(Cc2nnc(-c3ccc(Br)cc3)o2)C1. The molecule has 0 radical (unpaired) electrons. The highest BCUT2D eigenvalue weighted by atomic mass is 79.9. The Morgan fingerprint density at radius 1 is 1.11 bits per heavy atom.